The summed E-state index contributed by atoms with van der Waals surface area (Å²) in [6, 6.07) is 0. The lowest BCUT2D eigenvalue weighted by molar-refractivity contribution is 0.0962. The van der Waals surface area contributed by atoms with E-state index in [1.54, 1.807) is 0 Å². The SMILES string of the molecule is Cc1noc(C)c1C1(N)CCC(O)CC1. The van der Waals surface area contributed by atoms with Crippen molar-refractivity contribution >= 4 is 0 Å². The zero-order chi connectivity index (χ0) is 11.1. The number of rotatable bonds is 1. The Morgan fingerprint density at radius 2 is 2.00 bits per heavy atom. The quantitative estimate of drug-likeness (QED) is 0.734. The van der Waals surface area contributed by atoms with E-state index in [0.29, 0.717) is 0 Å². The Morgan fingerprint density at radius 3 is 2.47 bits per heavy atom. The highest BCUT2D eigenvalue weighted by atomic mass is 16.5. The van der Waals surface area contributed by atoms with Gasteiger partial charge in [-0.1, -0.05) is 5.16 Å². The van der Waals surface area contributed by atoms with Gasteiger partial charge in [0.25, 0.3) is 0 Å². The molecule has 84 valence electrons. The highest BCUT2D eigenvalue weighted by Crippen LogP contribution is 2.37. The smallest absolute Gasteiger partial charge is 0.138 e. The summed E-state index contributed by atoms with van der Waals surface area (Å²) in [5.74, 6) is 0.811. The number of aromatic nitrogens is 1. The van der Waals surface area contributed by atoms with E-state index < -0.39 is 0 Å². The van der Waals surface area contributed by atoms with Crippen molar-refractivity contribution in [2.75, 3.05) is 0 Å². The zero-order valence-electron chi connectivity index (χ0n) is 9.29. The van der Waals surface area contributed by atoms with Gasteiger partial charge in [0.1, 0.15) is 5.76 Å². The molecule has 1 aromatic rings. The van der Waals surface area contributed by atoms with Crippen LogP contribution in [-0.2, 0) is 5.54 Å². The summed E-state index contributed by atoms with van der Waals surface area (Å²) in [5, 5.41) is 13.4. The van der Waals surface area contributed by atoms with Crippen LogP contribution in [0.2, 0.25) is 0 Å². The van der Waals surface area contributed by atoms with Crippen LogP contribution in [0.4, 0.5) is 0 Å². The van der Waals surface area contributed by atoms with Crippen molar-refractivity contribution < 1.29 is 9.63 Å². The number of hydrogen-bond donors (Lipinski definition) is 2. The van der Waals surface area contributed by atoms with Crippen LogP contribution in [0.3, 0.4) is 0 Å². The van der Waals surface area contributed by atoms with E-state index in [1.807, 2.05) is 13.8 Å². The van der Waals surface area contributed by atoms with Gasteiger partial charge in [-0.05, 0) is 39.5 Å². The van der Waals surface area contributed by atoms with Crippen LogP contribution >= 0.6 is 0 Å². The Balaban J connectivity index is 2.30. The van der Waals surface area contributed by atoms with Crippen molar-refractivity contribution in [3.8, 4) is 0 Å². The van der Waals surface area contributed by atoms with E-state index in [2.05, 4.69) is 5.16 Å². The second kappa shape index (κ2) is 3.61. The molecule has 1 aliphatic carbocycles. The maximum absolute atomic E-state index is 9.48. The van der Waals surface area contributed by atoms with Crippen molar-refractivity contribution in [2.45, 2.75) is 51.2 Å². The fourth-order valence-corrected chi connectivity index (χ4v) is 2.56. The van der Waals surface area contributed by atoms with Gasteiger partial charge in [0.05, 0.1) is 11.8 Å². The van der Waals surface area contributed by atoms with Crippen molar-refractivity contribution in [3.05, 3.63) is 17.0 Å². The number of aryl methyl sites for hydroxylation is 2. The van der Waals surface area contributed by atoms with Gasteiger partial charge >= 0.3 is 0 Å². The van der Waals surface area contributed by atoms with Gasteiger partial charge in [0, 0.05) is 11.1 Å². The van der Waals surface area contributed by atoms with E-state index in [-0.39, 0.29) is 11.6 Å². The van der Waals surface area contributed by atoms with Gasteiger partial charge in [-0.15, -0.1) is 0 Å². The minimum Gasteiger partial charge on any atom is -0.393 e. The molecule has 0 saturated heterocycles. The molecular formula is C11H18N2O2. The molecule has 4 nitrogen and oxygen atoms in total. The van der Waals surface area contributed by atoms with Crippen LogP contribution in [-0.4, -0.2) is 16.4 Å². The predicted octanol–water partition coefficient (Wildman–Crippen LogP) is 1.38. The summed E-state index contributed by atoms with van der Waals surface area (Å²) in [7, 11) is 0. The summed E-state index contributed by atoms with van der Waals surface area (Å²) in [6.07, 6.45) is 2.94. The molecule has 0 unspecified atom stereocenters. The Morgan fingerprint density at radius 1 is 1.40 bits per heavy atom. The third-order valence-corrected chi connectivity index (χ3v) is 3.38. The van der Waals surface area contributed by atoms with Gasteiger partial charge in [-0.25, -0.2) is 0 Å². The lowest BCUT2D eigenvalue weighted by Gasteiger charge is -2.35. The molecule has 1 aromatic heterocycles. The molecule has 2 rings (SSSR count). The molecule has 0 atom stereocenters. The third-order valence-electron chi connectivity index (χ3n) is 3.38. The second-order valence-corrected chi connectivity index (χ2v) is 4.59. The largest absolute Gasteiger partial charge is 0.393 e. The summed E-state index contributed by atoms with van der Waals surface area (Å²) < 4.78 is 5.15. The molecule has 1 heterocycles. The number of hydrogen-bond acceptors (Lipinski definition) is 4. The highest BCUT2D eigenvalue weighted by molar-refractivity contribution is 5.30. The molecule has 0 aliphatic heterocycles. The maximum atomic E-state index is 9.48. The summed E-state index contributed by atoms with van der Waals surface area (Å²) >= 11 is 0. The molecular weight excluding hydrogens is 192 g/mol. The number of aliphatic hydroxyl groups is 1. The second-order valence-electron chi connectivity index (χ2n) is 4.59. The van der Waals surface area contributed by atoms with Crippen molar-refractivity contribution in [3.63, 3.8) is 0 Å². The van der Waals surface area contributed by atoms with Crippen molar-refractivity contribution in [1.29, 1.82) is 0 Å². The zero-order valence-corrected chi connectivity index (χ0v) is 9.29. The molecule has 15 heavy (non-hydrogen) atoms. The summed E-state index contributed by atoms with van der Waals surface area (Å²) in [6.45, 7) is 3.82. The van der Waals surface area contributed by atoms with Gasteiger partial charge in [0.15, 0.2) is 0 Å². The van der Waals surface area contributed by atoms with E-state index in [9.17, 15) is 5.11 Å². The van der Waals surface area contributed by atoms with Crippen LogP contribution in [0.15, 0.2) is 4.52 Å². The average Bonchev–Trinajstić information content (AvgIpc) is 2.52. The maximum Gasteiger partial charge on any atom is 0.138 e. The van der Waals surface area contributed by atoms with Gasteiger partial charge in [-0.3, -0.25) is 0 Å². The normalized spacial score (nSPS) is 31.9. The molecule has 0 spiro atoms. The Bertz CT molecular complexity index is 332. The van der Waals surface area contributed by atoms with Crippen LogP contribution in [0.25, 0.3) is 0 Å². The van der Waals surface area contributed by atoms with E-state index >= 15 is 0 Å². The lowest BCUT2D eigenvalue weighted by atomic mass is 9.76. The fourth-order valence-electron chi connectivity index (χ4n) is 2.56. The van der Waals surface area contributed by atoms with Crippen LogP contribution in [0.1, 0.15) is 42.7 Å². The first kappa shape index (κ1) is 10.6. The van der Waals surface area contributed by atoms with Gasteiger partial charge < -0.3 is 15.4 Å². The standard InChI is InChI=1S/C11H18N2O2/c1-7-10(8(2)15-13-7)11(12)5-3-9(14)4-6-11/h9,14H,3-6,12H2,1-2H3. The van der Waals surface area contributed by atoms with Crippen LogP contribution in [0, 0.1) is 13.8 Å². The molecule has 1 saturated carbocycles. The van der Waals surface area contributed by atoms with E-state index in [4.69, 9.17) is 10.3 Å². The molecule has 0 radical (unpaired) electrons. The van der Waals surface area contributed by atoms with E-state index in [1.165, 1.54) is 0 Å². The van der Waals surface area contributed by atoms with Gasteiger partial charge in [-0.2, -0.15) is 0 Å². The van der Waals surface area contributed by atoms with Crippen LogP contribution < -0.4 is 5.73 Å². The van der Waals surface area contributed by atoms with E-state index in [0.717, 1.165) is 42.7 Å². The summed E-state index contributed by atoms with van der Waals surface area (Å²) in [4.78, 5) is 0. The molecule has 3 N–H and O–H groups in total. The number of nitrogens with zero attached hydrogens (tertiary/aromatic N) is 1. The first-order valence-electron chi connectivity index (χ1n) is 5.43. The molecule has 1 aliphatic rings. The number of nitrogens with two attached hydrogens (primary N) is 1. The Labute approximate surface area is 89.4 Å². The van der Waals surface area contributed by atoms with Crippen molar-refractivity contribution in [1.82, 2.24) is 5.16 Å². The van der Waals surface area contributed by atoms with Crippen molar-refractivity contribution in [2.24, 2.45) is 5.73 Å². The minimum absolute atomic E-state index is 0.192. The topological polar surface area (TPSA) is 72.3 Å². The molecule has 0 amide bonds. The monoisotopic (exact) mass is 210 g/mol. The molecule has 1 fully saturated rings. The fraction of sp³-hybridized carbons (Fsp3) is 0.727. The Hall–Kier alpha value is -0.870. The average molecular weight is 210 g/mol. The minimum atomic E-state index is -0.354. The molecule has 0 aromatic carbocycles. The highest BCUT2D eigenvalue weighted by Gasteiger charge is 2.36. The third kappa shape index (κ3) is 1.79. The predicted molar refractivity (Wildman–Crippen MR) is 56.3 cm³/mol. The van der Waals surface area contributed by atoms with Crippen LogP contribution in [0.5, 0.6) is 0 Å². The number of aliphatic hydroxyl groups excluding tert-OH is 1. The molecule has 0 bridgehead atoms. The summed E-state index contributed by atoms with van der Waals surface area (Å²) in [5.41, 5.74) is 7.94. The Kier molecular flexibility index (Phi) is 2.56. The first-order valence-corrected chi connectivity index (χ1v) is 5.43. The molecule has 4 heteroatoms. The first-order chi connectivity index (χ1) is 7.03. The lowest BCUT2D eigenvalue weighted by Crippen LogP contribution is -2.42. The van der Waals surface area contributed by atoms with Gasteiger partial charge in [0.2, 0.25) is 0 Å².